The molecule has 1 heterocycles. The van der Waals surface area contributed by atoms with Gasteiger partial charge in [-0.1, -0.05) is 157 Å². The molecule has 0 spiro atoms. The highest BCUT2D eigenvalue weighted by molar-refractivity contribution is 4.93. The van der Waals surface area contributed by atoms with Crippen molar-refractivity contribution in [1.82, 2.24) is 4.90 Å². The number of rotatable bonds is 39. The number of azide groups is 1. The number of ether oxygens (including phenoxy) is 2. The van der Waals surface area contributed by atoms with Crippen molar-refractivity contribution >= 4 is 0 Å². The fraction of sp³-hybridized carbons (Fsp3) is 0.830. The fourth-order valence-electron chi connectivity index (χ4n) is 7.26. The summed E-state index contributed by atoms with van der Waals surface area (Å²) in [5.74, 6) is -0.378. The van der Waals surface area contributed by atoms with Crippen LogP contribution >= 0.6 is 0 Å². The van der Waals surface area contributed by atoms with Crippen molar-refractivity contribution < 1.29 is 9.47 Å². The molecule has 0 amide bonds. The number of unbranched alkanes of at least 4 members (excludes halogenated alkanes) is 21. The van der Waals surface area contributed by atoms with E-state index in [1.54, 1.807) is 0 Å². The van der Waals surface area contributed by atoms with Gasteiger partial charge in [0.15, 0.2) is 5.79 Å². The Labute approximate surface area is 329 Å². The Morgan fingerprint density at radius 2 is 1.02 bits per heavy atom. The molecular weight excluding hydrogens is 653 g/mol. The van der Waals surface area contributed by atoms with E-state index in [0.29, 0.717) is 6.54 Å². The van der Waals surface area contributed by atoms with Crippen LogP contribution in [0.1, 0.15) is 206 Å². The van der Waals surface area contributed by atoms with E-state index in [1.165, 1.54) is 154 Å². The van der Waals surface area contributed by atoms with Gasteiger partial charge in [-0.15, -0.1) is 0 Å². The fourth-order valence-corrected chi connectivity index (χ4v) is 7.26. The third-order valence-corrected chi connectivity index (χ3v) is 10.6. The van der Waals surface area contributed by atoms with E-state index in [0.717, 1.165) is 58.2 Å². The van der Waals surface area contributed by atoms with Crippen LogP contribution in [0.2, 0.25) is 0 Å². The lowest BCUT2D eigenvalue weighted by atomic mass is 9.98. The van der Waals surface area contributed by atoms with Gasteiger partial charge < -0.3 is 14.4 Å². The Morgan fingerprint density at radius 1 is 0.585 bits per heavy atom. The van der Waals surface area contributed by atoms with Crippen molar-refractivity contribution in [3.05, 3.63) is 59.1 Å². The van der Waals surface area contributed by atoms with Gasteiger partial charge in [0.25, 0.3) is 0 Å². The Morgan fingerprint density at radius 3 is 1.51 bits per heavy atom. The highest BCUT2D eigenvalue weighted by Gasteiger charge is 2.40. The molecule has 1 fully saturated rings. The van der Waals surface area contributed by atoms with Crippen LogP contribution in [0.15, 0.2) is 53.7 Å². The largest absolute Gasteiger partial charge is 0.347 e. The van der Waals surface area contributed by atoms with Gasteiger partial charge in [-0.3, -0.25) is 0 Å². The molecule has 0 aromatic rings. The summed E-state index contributed by atoms with van der Waals surface area (Å²) < 4.78 is 13.4. The first kappa shape index (κ1) is 49.2. The average molecular weight is 739 g/mol. The molecule has 0 N–H and O–H groups in total. The molecule has 6 nitrogen and oxygen atoms in total. The lowest BCUT2D eigenvalue weighted by Gasteiger charge is -2.29. The minimum absolute atomic E-state index is 0.166. The zero-order chi connectivity index (χ0) is 38.2. The molecule has 53 heavy (non-hydrogen) atoms. The monoisotopic (exact) mass is 739 g/mol. The first-order valence-electron chi connectivity index (χ1n) is 22.8. The van der Waals surface area contributed by atoms with E-state index in [4.69, 9.17) is 15.0 Å². The maximum absolute atomic E-state index is 8.44. The van der Waals surface area contributed by atoms with Gasteiger partial charge in [-0.05, 0) is 109 Å². The molecule has 6 heteroatoms. The van der Waals surface area contributed by atoms with Crippen LogP contribution < -0.4 is 0 Å². The molecule has 1 aliphatic heterocycles. The van der Waals surface area contributed by atoms with E-state index in [-0.39, 0.29) is 11.9 Å². The van der Waals surface area contributed by atoms with Gasteiger partial charge in [0.1, 0.15) is 0 Å². The maximum Gasteiger partial charge on any atom is 0.168 e. The maximum atomic E-state index is 8.44. The Bertz CT molecular complexity index is 906. The number of likely N-dealkylation sites (N-methyl/N-ethyl adjacent to an activating group) is 1. The van der Waals surface area contributed by atoms with Gasteiger partial charge in [0, 0.05) is 30.8 Å². The van der Waals surface area contributed by atoms with Crippen molar-refractivity contribution in [3.63, 3.8) is 0 Å². The Hall–Kier alpha value is -1.85. The number of hydrogen-bond acceptors (Lipinski definition) is 4. The van der Waals surface area contributed by atoms with E-state index in [2.05, 4.69) is 84.4 Å². The van der Waals surface area contributed by atoms with Crippen molar-refractivity contribution in [2.75, 3.05) is 33.3 Å². The van der Waals surface area contributed by atoms with E-state index in [9.17, 15) is 0 Å². The third kappa shape index (κ3) is 32.1. The number of hydrogen-bond donors (Lipinski definition) is 0. The summed E-state index contributed by atoms with van der Waals surface area (Å²) >= 11 is 0. The zero-order valence-electron chi connectivity index (χ0n) is 35.3. The van der Waals surface area contributed by atoms with Crippen LogP contribution in [-0.4, -0.2) is 50.1 Å². The second-order valence-corrected chi connectivity index (χ2v) is 15.8. The summed E-state index contributed by atoms with van der Waals surface area (Å²) in [7, 11) is 2.22. The zero-order valence-corrected chi connectivity index (χ0v) is 35.3. The standard InChI is InChI=1S/C47H86N4O2/c1-4-6-8-10-12-14-16-18-20-22-24-26-28-30-32-36-40-47(52-45-46(53-47)44-51(3)43-39-35-34-38-42-49-50-48)41-37-33-31-29-27-25-23-21-19-17-15-13-11-9-7-5-2/h12-15,18-21,46H,4-11,16-17,22-45H2,1-3H3/t46-,47?/m0/s1. The van der Waals surface area contributed by atoms with Crippen LogP contribution in [0.25, 0.3) is 10.4 Å². The van der Waals surface area contributed by atoms with Gasteiger partial charge >= 0.3 is 0 Å². The lowest BCUT2D eigenvalue weighted by Crippen LogP contribution is -2.35. The average Bonchev–Trinajstić information content (AvgIpc) is 3.56. The SMILES string of the molecule is CCCCCC=CCC=CCCCCCCCCC1(CCCCCCCCC=CCC=CCCCCC)OC[C@H](CN(C)CCCCCCN=[N+]=[N-])O1. The number of nitrogens with zero attached hydrogens (tertiary/aromatic N) is 4. The summed E-state index contributed by atoms with van der Waals surface area (Å²) in [5.41, 5.74) is 8.44. The van der Waals surface area contributed by atoms with E-state index in [1.807, 2.05) is 0 Å². The van der Waals surface area contributed by atoms with Crippen molar-refractivity contribution in [2.45, 2.75) is 218 Å². The predicted octanol–water partition coefficient (Wildman–Crippen LogP) is 15.3. The predicted molar refractivity (Wildman–Crippen MR) is 231 cm³/mol. The lowest BCUT2D eigenvalue weighted by molar-refractivity contribution is -0.180. The normalized spacial score (nSPS) is 17.8. The van der Waals surface area contributed by atoms with Crippen LogP contribution in [0, 0.1) is 0 Å². The van der Waals surface area contributed by atoms with Crippen molar-refractivity contribution in [3.8, 4) is 0 Å². The van der Waals surface area contributed by atoms with Crippen LogP contribution in [0.3, 0.4) is 0 Å². The van der Waals surface area contributed by atoms with Gasteiger partial charge in [0.05, 0.1) is 12.7 Å². The third-order valence-electron chi connectivity index (χ3n) is 10.6. The van der Waals surface area contributed by atoms with Gasteiger partial charge in [0.2, 0.25) is 0 Å². The smallest absolute Gasteiger partial charge is 0.168 e. The summed E-state index contributed by atoms with van der Waals surface area (Å²) in [6, 6.07) is 0. The van der Waals surface area contributed by atoms with Crippen LogP contribution in [-0.2, 0) is 9.47 Å². The number of allylic oxidation sites excluding steroid dienone is 8. The Balaban J connectivity index is 2.32. The van der Waals surface area contributed by atoms with Crippen molar-refractivity contribution in [1.29, 1.82) is 0 Å². The molecular formula is C47H86N4O2. The minimum atomic E-state index is -0.378. The molecule has 0 bridgehead atoms. The summed E-state index contributed by atoms with van der Waals surface area (Å²) in [6.45, 7) is 7.89. The molecule has 1 saturated heterocycles. The second-order valence-electron chi connectivity index (χ2n) is 15.8. The quantitative estimate of drug-likeness (QED) is 0.0207. The summed E-state index contributed by atoms with van der Waals surface area (Å²) in [4.78, 5) is 5.27. The first-order chi connectivity index (χ1) is 26.2. The first-order valence-corrected chi connectivity index (χ1v) is 22.8. The molecule has 0 saturated carbocycles. The molecule has 0 aromatic heterocycles. The van der Waals surface area contributed by atoms with Gasteiger partial charge in [-0.2, -0.15) is 0 Å². The van der Waals surface area contributed by atoms with Crippen molar-refractivity contribution in [2.24, 2.45) is 5.11 Å². The molecule has 1 rings (SSSR count). The van der Waals surface area contributed by atoms with E-state index < -0.39 is 0 Å². The molecule has 306 valence electrons. The van der Waals surface area contributed by atoms with Crippen LogP contribution in [0.4, 0.5) is 0 Å². The summed E-state index contributed by atoms with van der Waals surface area (Å²) in [5, 5.41) is 3.65. The van der Waals surface area contributed by atoms with Crippen LogP contribution in [0.5, 0.6) is 0 Å². The molecule has 0 unspecified atom stereocenters. The second kappa shape index (κ2) is 38.4. The molecule has 1 atom stereocenters. The summed E-state index contributed by atoms with van der Waals surface area (Å²) in [6.07, 6.45) is 56.1. The highest BCUT2D eigenvalue weighted by atomic mass is 16.7. The minimum Gasteiger partial charge on any atom is -0.347 e. The molecule has 0 radical (unpaired) electrons. The topological polar surface area (TPSA) is 70.5 Å². The van der Waals surface area contributed by atoms with E-state index >= 15 is 0 Å². The highest BCUT2D eigenvalue weighted by Crippen LogP contribution is 2.35. The molecule has 1 aliphatic rings. The Kier molecular flexibility index (Phi) is 35.6. The molecule has 0 aromatic carbocycles. The van der Waals surface area contributed by atoms with Gasteiger partial charge in [-0.25, -0.2) is 0 Å². The molecule has 0 aliphatic carbocycles.